The van der Waals surface area contributed by atoms with Crippen LogP contribution in [0.15, 0.2) is 94.7 Å². The van der Waals surface area contributed by atoms with E-state index < -0.39 is 83.9 Å². The molecule has 16 atom stereocenters. The zero-order valence-electron chi connectivity index (χ0n) is 79.8. The molecule has 7 N–H and O–H groups in total. The lowest BCUT2D eigenvalue weighted by Gasteiger charge is -2.43. The summed E-state index contributed by atoms with van der Waals surface area (Å²) in [4.78, 5) is 85.9. The fourth-order valence-electron chi connectivity index (χ4n) is 17.3. The third kappa shape index (κ3) is 33.5. The number of carbonyl (C=O) groups excluding carboxylic acids is 5. The van der Waals surface area contributed by atoms with Gasteiger partial charge in [-0.05, 0) is 187 Å². The molecule has 0 spiro atoms. The van der Waals surface area contributed by atoms with Gasteiger partial charge in [-0.15, -0.1) is 0 Å². The molecule has 4 aliphatic heterocycles. The highest BCUT2D eigenvalue weighted by Gasteiger charge is 2.53. The Kier molecular flexibility index (Phi) is 47.2. The standard InChI is InChI=1S/C56H89NO14S.C29H32N8O4.C13H28O5/c1-34-18-13-12-14-19-35(2)46(66-9)32-42-24-22-40(7)56(64,71-42)53(61)54(62)57-26-16-15-20-43(57)55(63)70-47(33-44(58)36(3)29-39(6)51(60)52(68-11)50(59)38(5)28-34)37(4)30-41-23-25-45(48(31-41)67-10)69-49(72)21-17-27-65-8;1-2-39-11-12-40-10-8-24(38)36-9-7-19-13-18(3-4-21(19)16-36)15-37-28-25(27(30)32-17-33-28)26(35-37)20-5-6-23-22(14-20)34-29(31)41-23;1-3-5-15-8-9-17-12-13-18-11-10-16-7-6-14-4-2/h12-14,18-19,29,34,36-38,40-48,51-52,58,60,64H,15-17,20-28,30-33H2,1-11H3;3-6,13-14,17H,2,7-12,15-16H2,1H3,(H2,31,34)(H2,30,32,33);3-13H2,1-2H3/b14-12+,18-13+,35-19+,39-29+;;/t34-,36-,37-,38-,40-,41+,42+,43+,44-,45-,46+,47+,48-,51-,52+,56-;;/m1../s1. The number of hydrogen-bond acceptors (Lipinski definition) is 30. The van der Waals surface area contributed by atoms with Crippen LogP contribution in [-0.2, 0) is 110 Å². The number of aliphatic hydroxyl groups excluding tert-OH is 2. The first-order chi connectivity index (χ1) is 63.1. The van der Waals surface area contributed by atoms with E-state index in [1.54, 1.807) is 48.2 Å². The number of oxazole rings is 1. The van der Waals surface area contributed by atoms with Crippen LogP contribution in [0.5, 0.6) is 0 Å². The highest BCUT2D eigenvalue weighted by Crippen LogP contribution is 2.40. The Bertz CT molecular complexity index is 4450. The van der Waals surface area contributed by atoms with E-state index in [2.05, 4.69) is 40.1 Å². The minimum absolute atomic E-state index is 0.0172. The molecule has 3 aromatic heterocycles. The summed E-state index contributed by atoms with van der Waals surface area (Å²) >= 11 is 5.54. The lowest BCUT2D eigenvalue weighted by atomic mass is 9.78. The van der Waals surface area contributed by atoms with Crippen molar-refractivity contribution in [2.24, 2.45) is 35.5 Å². The normalized spacial score (nSPS) is 26.8. The number of hydrogen-bond donors (Lipinski definition) is 5. The van der Waals surface area contributed by atoms with Crippen molar-refractivity contribution in [3.63, 3.8) is 0 Å². The third-order valence-electron chi connectivity index (χ3n) is 24.9. The second kappa shape index (κ2) is 57.1. The average Bonchev–Trinajstić information content (AvgIpc) is 1.75. The smallest absolute Gasteiger partial charge is 0.329 e. The summed E-state index contributed by atoms with van der Waals surface area (Å²) in [5.41, 5.74) is 20.2. The van der Waals surface area contributed by atoms with Crippen LogP contribution >= 0.6 is 12.2 Å². The molecule has 7 heterocycles. The van der Waals surface area contributed by atoms with Crippen LogP contribution in [0.3, 0.4) is 0 Å². The van der Waals surface area contributed by atoms with Crippen molar-refractivity contribution < 1.29 is 110 Å². The van der Waals surface area contributed by atoms with Crippen molar-refractivity contribution in [1.29, 1.82) is 0 Å². The summed E-state index contributed by atoms with van der Waals surface area (Å²) in [6.07, 6.45) is 16.6. The summed E-state index contributed by atoms with van der Waals surface area (Å²) in [5, 5.41) is 41.6. The minimum atomic E-state index is -2.42. The number of amides is 2. The third-order valence-corrected chi connectivity index (χ3v) is 25.2. The number of nitrogens with zero attached hydrogens (tertiary/aromatic N) is 7. The Labute approximate surface area is 779 Å². The first-order valence-corrected chi connectivity index (χ1v) is 47.4. The number of esters is 1. The maximum absolute atomic E-state index is 14.6. The van der Waals surface area contributed by atoms with Gasteiger partial charge in [0.2, 0.25) is 11.7 Å². The number of aromatic nitrogens is 5. The van der Waals surface area contributed by atoms with Gasteiger partial charge in [-0.25, -0.2) is 19.4 Å². The van der Waals surface area contributed by atoms with E-state index in [0.717, 1.165) is 61.2 Å². The summed E-state index contributed by atoms with van der Waals surface area (Å²) in [6, 6.07) is 10.9. The van der Waals surface area contributed by atoms with Gasteiger partial charge in [0.25, 0.3) is 17.7 Å². The molecule has 2 saturated heterocycles. The molecular formula is C98H149N9O23S. The van der Waals surface area contributed by atoms with E-state index in [4.69, 9.17) is 99.5 Å². The fourth-order valence-corrected chi connectivity index (χ4v) is 17.6. The molecule has 730 valence electrons. The lowest BCUT2D eigenvalue weighted by molar-refractivity contribution is -0.265. The molecule has 1 saturated carbocycles. The van der Waals surface area contributed by atoms with Gasteiger partial charge >= 0.3 is 5.97 Å². The number of allylic oxidation sites excluding steroid dienone is 5. The molecule has 1 aliphatic carbocycles. The number of methoxy groups -OCH3 is 4. The highest BCUT2D eigenvalue weighted by atomic mass is 32.1. The SMILES string of the molecule is CCCOCCOCCOCCOCCOCC.CCOCCOCCC(=O)N1CCc2cc(Cn3nc(-c4ccc5oc(N)nc5c4)c4c(N)ncnc43)ccc2C1.COCCCC(=S)O[C@@H]1CC[C@@H](C[C@@H](C)[C@@H]2C[C@@H](O)[C@H](C)/C=C(\C)[C@@H](O)[C@@H](OC)C(=O)[C@H](C)C[C@H](C)/C=C/C=C/C=C(\C)[C@@H](OC)C[C@@H]3CC[C@@H](C)[C@@](O)(O3)C(=O)C(=O)N3CCCC[C@H]3C(=O)O2)C[C@H]1OC. The van der Waals surface area contributed by atoms with Crippen molar-refractivity contribution in [2.75, 3.05) is 152 Å². The molecule has 5 aromatic rings. The predicted molar refractivity (Wildman–Crippen MR) is 503 cm³/mol. The largest absolute Gasteiger partial charge is 0.481 e. The number of aliphatic hydroxyl groups is 3. The van der Waals surface area contributed by atoms with Gasteiger partial charge in [0.05, 0.1) is 115 Å². The predicted octanol–water partition coefficient (Wildman–Crippen LogP) is 12.4. The van der Waals surface area contributed by atoms with Gasteiger partial charge in [0.15, 0.2) is 22.1 Å². The summed E-state index contributed by atoms with van der Waals surface area (Å²) < 4.78 is 85.8. The quantitative estimate of drug-likeness (QED) is 0.00817. The van der Waals surface area contributed by atoms with Crippen LogP contribution in [0.25, 0.3) is 33.4 Å². The van der Waals surface area contributed by atoms with E-state index in [-0.39, 0.29) is 67.1 Å². The molecular weight excluding hydrogens is 1700 g/mol. The van der Waals surface area contributed by atoms with Gasteiger partial charge in [0, 0.05) is 117 Å². The van der Waals surface area contributed by atoms with Gasteiger partial charge in [-0.1, -0.05) is 96.2 Å². The van der Waals surface area contributed by atoms with E-state index in [9.17, 15) is 39.3 Å². The lowest BCUT2D eigenvalue weighted by Crippen LogP contribution is -2.61. The molecule has 33 heteroatoms. The van der Waals surface area contributed by atoms with Crippen molar-refractivity contribution >= 4 is 80.6 Å². The number of fused-ring (bicyclic) bond motifs is 6. The Morgan fingerprint density at radius 3 is 2.08 bits per heavy atom. The zero-order chi connectivity index (χ0) is 94.9. The summed E-state index contributed by atoms with van der Waals surface area (Å²) in [6.45, 7) is 30.1. The second-order valence-electron chi connectivity index (χ2n) is 34.9. The number of carbonyl (C=O) groups is 5. The van der Waals surface area contributed by atoms with Crippen LogP contribution in [0, 0.1) is 35.5 Å². The number of nitrogen functional groups attached to an aromatic ring is 2. The van der Waals surface area contributed by atoms with Crippen molar-refractivity contribution in [3.8, 4) is 11.3 Å². The highest BCUT2D eigenvalue weighted by molar-refractivity contribution is 7.80. The minimum Gasteiger partial charge on any atom is -0.481 e. The van der Waals surface area contributed by atoms with Crippen molar-refractivity contribution in [2.45, 2.75) is 252 Å². The number of benzene rings is 2. The molecule has 2 aromatic carbocycles. The monoisotopic (exact) mass is 1850 g/mol. The number of rotatable bonds is 36. The molecule has 5 aliphatic rings. The Hall–Kier alpha value is -7.94. The number of anilines is 2. The molecule has 0 radical (unpaired) electrons. The van der Waals surface area contributed by atoms with Gasteiger partial charge in [0.1, 0.15) is 53.8 Å². The molecule has 32 nitrogen and oxygen atoms in total. The zero-order valence-corrected chi connectivity index (χ0v) is 80.6. The maximum Gasteiger partial charge on any atom is 0.329 e. The number of ether oxygens (including phenoxy) is 14. The van der Waals surface area contributed by atoms with Gasteiger partial charge in [-0.3, -0.25) is 19.2 Å². The Balaban J connectivity index is 0.000000296. The van der Waals surface area contributed by atoms with E-state index in [0.29, 0.717) is 220 Å². The van der Waals surface area contributed by atoms with E-state index in [1.807, 2.05) is 99.7 Å². The maximum atomic E-state index is 14.6. The number of ketones is 2. The van der Waals surface area contributed by atoms with Crippen LogP contribution in [0.2, 0.25) is 0 Å². The topological polar surface area (TPSA) is 403 Å². The first-order valence-electron chi connectivity index (χ1n) is 47.0. The fraction of sp³-hybridized carbons (Fsp3) is 0.673. The van der Waals surface area contributed by atoms with Crippen LogP contribution in [0.4, 0.5) is 11.8 Å². The number of cyclic esters (lactones) is 1. The van der Waals surface area contributed by atoms with Crippen molar-refractivity contribution in [3.05, 3.63) is 107 Å². The van der Waals surface area contributed by atoms with Crippen molar-refractivity contribution in [1.82, 2.24) is 34.5 Å². The van der Waals surface area contributed by atoms with E-state index in [1.165, 1.54) is 23.9 Å². The average molecular weight is 1850 g/mol. The molecule has 2 bridgehead atoms. The Morgan fingerprint density at radius 1 is 0.710 bits per heavy atom. The van der Waals surface area contributed by atoms with Crippen LogP contribution < -0.4 is 11.5 Å². The molecule has 2 amide bonds. The second-order valence-corrected chi connectivity index (χ2v) is 35.4. The first kappa shape index (κ1) is 108. The molecule has 0 unspecified atom stereocenters. The number of Topliss-reactive ketones (excluding diaryl/α,β-unsaturated/α-hetero) is 2. The number of thiocarbonyl (C=S) groups is 1. The molecule has 131 heavy (non-hydrogen) atoms. The van der Waals surface area contributed by atoms with Crippen LogP contribution in [-0.4, -0.2) is 286 Å². The Morgan fingerprint density at radius 2 is 1.40 bits per heavy atom. The molecule has 10 rings (SSSR count). The van der Waals surface area contributed by atoms with E-state index >= 15 is 0 Å². The van der Waals surface area contributed by atoms with Crippen LogP contribution in [0.1, 0.15) is 189 Å². The number of nitrogens with two attached hydrogens (primary N) is 2. The van der Waals surface area contributed by atoms with Gasteiger partial charge in [-0.2, -0.15) is 10.1 Å². The summed E-state index contributed by atoms with van der Waals surface area (Å²) in [7, 11) is 6.30. The summed E-state index contributed by atoms with van der Waals surface area (Å²) in [5.74, 6) is -6.83. The molecule has 3 fully saturated rings. The number of piperidine rings is 1. The van der Waals surface area contributed by atoms with Gasteiger partial charge < -0.3 is 107 Å².